The summed E-state index contributed by atoms with van der Waals surface area (Å²) in [4.78, 5) is 27.1. The first-order valence-corrected chi connectivity index (χ1v) is 10.7. The van der Waals surface area contributed by atoms with Gasteiger partial charge in [0, 0.05) is 19.2 Å². The van der Waals surface area contributed by atoms with Gasteiger partial charge < -0.3 is 15.0 Å². The summed E-state index contributed by atoms with van der Waals surface area (Å²) in [7, 11) is 1.70. The van der Waals surface area contributed by atoms with E-state index in [1.54, 1.807) is 25.2 Å². The van der Waals surface area contributed by atoms with Crippen molar-refractivity contribution in [3.8, 4) is 5.75 Å². The number of fused-ring (bicyclic) bond motifs is 1. The van der Waals surface area contributed by atoms with Gasteiger partial charge in [0.15, 0.2) is 0 Å². The van der Waals surface area contributed by atoms with Crippen LogP contribution in [0.3, 0.4) is 0 Å². The van der Waals surface area contributed by atoms with Crippen LogP contribution in [0.1, 0.15) is 42.5 Å². The molecule has 2 aromatic carbocycles. The Morgan fingerprint density at radius 2 is 1.83 bits per heavy atom. The SMILES string of the molecule is Cn1c(=O)[nH]c2ccc(C(=O)NC[C@H]3CC[C@@H](CCOc4ccccc4)CC3)cc21. The molecule has 2 N–H and O–H groups in total. The van der Waals surface area contributed by atoms with Crippen LogP contribution in [0.2, 0.25) is 0 Å². The molecule has 1 amide bonds. The molecule has 1 aliphatic rings. The van der Waals surface area contributed by atoms with Crippen molar-refractivity contribution in [2.75, 3.05) is 13.2 Å². The number of aryl methyl sites for hydroxylation is 1. The molecule has 158 valence electrons. The summed E-state index contributed by atoms with van der Waals surface area (Å²) in [5, 5.41) is 3.08. The Labute approximate surface area is 176 Å². The molecule has 0 saturated heterocycles. The number of imidazole rings is 1. The summed E-state index contributed by atoms with van der Waals surface area (Å²) in [6.07, 6.45) is 5.75. The molecule has 0 radical (unpaired) electrons. The number of aromatic amines is 1. The predicted octanol–water partition coefficient (Wildman–Crippen LogP) is 3.87. The molecule has 0 aliphatic heterocycles. The van der Waals surface area contributed by atoms with E-state index in [1.165, 1.54) is 17.4 Å². The first kappa shape index (κ1) is 20.3. The van der Waals surface area contributed by atoms with Crippen LogP contribution in [0.4, 0.5) is 0 Å². The number of carbonyl (C=O) groups excluding carboxylic acids is 1. The summed E-state index contributed by atoms with van der Waals surface area (Å²) in [6, 6.07) is 15.3. The fraction of sp³-hybridized carbons (Fsp3) is 0.417. The van der Waals surface area contributed by atoms with Crippen molar-refractivity contribution in [1.29, 1.82) is 0 Å². The third-order valence-corrected chi connectivity index (χ3v) is 6.22. The summed E-state index contributed by atoms with van der Waals surface area (Å²) in [6.45, 7) is 1.47. The lowest BCUT2D eigenvalue weighted by Crippen LogP contribution is -2.31. The van der Waals surface area contributed by atoms with E-state index in [0.29, 0.717) is 23.9 Å². The zero-order valence-electron chi connectivity index (χ0n) is 17.4. The number of carbonyl (C=O) groups is 1. The minimum Gasteiger partial charge on any atom is -0.494 e. The highest BCUT2D eigenvalue weighted by molar-refractivity contribution is 5.97. The summed E-state index contributed by atoms with van der Waals surface area (Å²) >= 11 is 0. The quantitative estimate of drug-likeness (QED) is 0.624. The number of nitrogens with zero attached hydrogens (tertiary/aromatic N) is 1. The predicted molar refractivity (Wildman–Crippen MR) is 118 cm³/mol. The zero-order valence-corrected chi connectivity index (χ0v) is 17.4. The topological polar surface area (TPSA) is 76.1 Å². The van der Waals surface area contributed by atoms with Gasteiger partial charge in [0.05, 0.1) is 17.6 Å². The van der Waals surface area contributed by atoms with E-state index in [9.17, 15) is 9.59 Å². The van der Waals surface area contributed by atoms with Crippen LogP contribution in [0.25, 0.3) is 11.0 Å². The summed E-state index contributed by atoms with van der Waals surface area (Å²) in [5.41, 5.74) is 1.90. The molecule has 3 aromatic rings. The van der Waals surface area contributed by atoms with Crippen molar-refractivity contribution < 1.29 is 9.53 Å². The van der Waals surface area contributed by atoms with Gasteiger partial charge in [-0.15, -0.1) is 0 Å². The standard InChI is InChI=1S/C24H29N3O3/c1-27-22-15-19(11-12-21(22)26-24(27)29)23(28)25-16-18-9-7-17(8-10-18)13-14-30-20-5-3-2-4-6-20/h2-6,11-12,15,17-18H,7-10,13-14,16H2,1H3,(H,25,28)(H,26,29)/t17-,18+. The third kappa shape index (κ3) is 4.75. The summed E-state index contributed by atoms with van der Waals surface area (Å²) < 4.78 is 7.35. The molecule has 0 bridgehead atoms. The molecule has 1 fully saturated rings. The molecule has 1 aliphatic carbocycles. The molecule has 1 heterocycles. The number of H-pyrrole nitrogens is 1. The van der Waals surface area contributed by atoms with Crippen LogP contribution in [0.15, 0.2) is 53.3 Å². The van der Waals surface area contributed by atoms with E-state index in [1.807, 2.05) is 30.3 Å². The maximum absolute atomic E-state index is 12.6. The number of hydrogen-bond acceptors (Lipinski definition) is 3. The first-order chi connectivity index (χ1) is 14.6. The van der Waals surface area contributed by atoms with Gasteiger partial charge in [-0.1, -0.05) is 18.2 Å². The van der Waals surface area contributed by atoms with E-state index < -0.39 is 0 Å². The van der Waals surface area contributed by atoms with Crippen LogP contribution >= 0.6 is 0 Å². The zero-order chi connectivity index (χ0) is 20.9. The Morgan fingerprint density at radius 3 is 2.60 bits per heavy atom. The maximum atomic E-state index is 12.6. The lowest BCUT2D eigenvalue weighted by atomic mass is 9.80. The van der Waals surface area contributed by atoms with Crippen LogP contribution in [0, 0.1) is 11.8 Å². The fourth-order valence-corrected chi connectivity index (χ4v) is 4.29. The monoisotopic (exact) mass is 407 g/mol. The second-order valence-corrected chi connectivity index (χ2v) is 8.27. The van der Waals surface area contributed by atoms with Gasteiger partial charge in [0.1, 0.15) is 5.75 Å². The molecule has 0 atom stereocenters. The smallest absolute Gasteiger partial charge is 0.326 e. The number of ether oxygens (including phenoxy) is 1. The number of nitrogens with one attached hydrogen (secondary N) is 2. The first-order valence-electron chi connectivity index (χ1n) is 10.7. The van der Waals surface area contributed by atoms with E-state index in [-0.39, 0.29) is 11.6 Å². The van der Waals surface area contributed by atoms with E-state index >= 15 is 0 Å². The minimum absolute atomic E-state index is 0.0797. The van der Waals surface area contributed by atoms with E-state index in [4.69, 9.17) is 4.74 Å². The molecule has 1 saturated carbocycles. The average Bonchev–Trinajstić information content (AvgIpc) is 3.07. The number of amides is 1. The highest BCUT2D eigenvalue weighted by atomic mass is 16.5. The van der Waals surface area contributed by atoms with Crippen molar-refractivity contribution >= 4 is 16.9 Å². The average molecular weight is 408 g/mol. The molecular weight excluding hydrogens is 378 g/mol. The normalized spacial score (nSPS) is 19.0. The molecule has 1 aromatic heterocycles. The van der Waals surface area contributed by atoms with Crippen molar-refractivity contribution in [3.63, 3.8) is 0 Å². The van der Waals surface area contributed by atoms with Crippen molar-refractivity contribution in [2.45, 2.75) is 32.1 Å². The largest absolute Gasteiger partial charge is 0.494 e. The van der Waals surface area contributed by atoms with Crippen molar-refractivity contribution in [2.24, 2.45) is 18.9 Å². The Morgan fingerprint density at radius 1 is 1.10 bits per heavy atom. The number of para-hydroxylation sites is 1. The van der Waals surface area contributed by atoms with Gasteiger partial charge in [0.25, 0.3) is 5.91 Å². The molecule has 30 heavy (non-hydrogen) atoms. The number of hydrogen-bond donors (Lipinski definition) is 2. The number of benzene rings is 2. The highest BCUT2D eigenvalue weighted by Crippen LogP contribution is 2.30. The van der Waals surface area contributed by atoms with Crippen molar-refractivity contribution in [1.82, 2.24) is 14.9 Å². The number of rotatable bonds is 7. The number of aromatic nitrogens is 2. The van der Waals surface area contributed by atoms with Crippen LogP contribution < -0.4 is 15.7 Å². The molecule has 0 spiro atoms. The van der Waals surface area contributed by atoms with Crippen LogP contribution in [-0.2, 0) is 7.05 Å². The second-order valence-electron chi connectivity index (χ2n) is 8.27. The molecule has 4 rings (SSSR count). The van der Waals surface area contributed by atoms with Gasteiger partial charge in [0.2, 0.25) is 0 Å². The second kappa shape index (κ2) is 9.20. The van der Waals surface area contributed by atoms with Crippen molar-refractivity contribution in [3.05, 3.63) is 64.6 Å². The van der Waals surface area contributed by atoms with Gasteiger partial charge in [-0.25, -0.2) is 4.79 Å². The van der Waals surface area contributed by atoms with E-state index in [2.05, 4.69) is 10.3 Å². The summed E-state index contributed by atoms with van der Waals surface area (Å²) in [5.74, 6) is 2.09. The fourth-order valence-electron chi connectivity index (χ4n) is 4.29. The maximum Gasteiger partial charge on any atom is 0.326 e. The lowest BCUT2D eigenvalue weighted by molar-refractivity contribution is 0.0940. The minimum atomic E-state index is -0.173. The Bertz CT molecular complexity index is 1050. The lowest BCUT2D eigenvalue weighted by Gasteiger charge is -2.28. The van der Waals surface area contributed by atoms with Gasteiger partial charge in [-0.3, -0.25) is 9.36 Å². The van der Waals surface area contributed by atoms with Gasteiger partial charge in [-0.2, -0.15) is 0 Å². The Kier molecular flexibility index (Phi) is 6.21. The van der Waals surface area contributed by atoms with Gasteiger partial charge in [-0.05, 0) is 74.3 Å². The Hall–Kier alpha value is -3.02. The highest BCUT2D eigenvalue weighted by Gasteiger charge is 2.22. The van der Waals surface area contributed by atoms with Crippen LogP contribution in [0.5, 0.6) is 5.75 Å². The van der Waals surface area contributed by atoms with E-state index in [0.717, 1.165) is 42.7 Å². The third-order valence-electron chi connectivity index (χ3n) is 6.22. The molecular formula is C24H29N3O3. The molecule has 0 unspecified atom stereocenters. The Balaban J connectivity index is 1.20. The molecule has 6 nitrogen and oxygen atoms in total. The van der Waals surface area contributed by atoms with Gasteiger partial charge >= 0.3 is 5.69 Å². The molecule has 6 heteroatoms. The van der Waals surface area contributed by atoms with Crippen LogP contribution in [-0.4, -0.2) is 28.6 Å².